The second-order valence-corrected chi connectivity index (χ2v) is 17.8. The van der Waals surface area contributed by atoms with Crippen LogP contribution in [0, 0.1) is 0 Å². The van der Waals surface area contributed by atoms with Gasteiger partial charge in [-0.1, -0.05) is 219 Å². The Morgan fingerprint density at radius 3 is 1.70 bits per heavy atom. The van der Waals surface area contributed by atoms with Crippen molar-refractivity contribution in [2.75, 3.05) is 4.90 Å². The van der Waals surface area contributed by atoms with Gasteiger partial charge in [0.05, 0.1) is 5.41 Å². The first-order valence-electron chi connectivity index (χ1n) is 23.1. The van der Waals surface area contributed by atoms with Gasteiger partial charge < -0.3 is 4.90 Å². The Balaban J connectivity index is 1.07. The lowest BCUT2D eigenvalue weighted by Crippen LogP contribution is -2.28. The zero-order valence-corrected chi connectivity index (χ0v) is 36.0. The van der Waals surface area contributed by atoms with Crippen LogP contribution >= 0.6 is 0 Å². The van der Waals surface area contributed by atoms with Crippen molar-refractivity contribution in [1.29, 1.82) is 0 Å². The highest BCUT2D eigenvalue weighted by atomic mass is 15.1. The van der Waals surface area contributed by atoms with E-state index in [1.54, 1.807) is 0 Å². The Morgan fingerprint density at radius 1 is 0.359 bits per heavy atom. The second kappa shape index (κ2) is 16.0. The van der Waals surface area contributed by atoms with Crippen LogP contribution < -0.4 is 4.90 Å². The minimum atomic E-state index is -0.494. The van der Waals surface area contributed by atoms with Crippen LogP contribution in [0.3, 0.4) is 0 Å². The van der Waals surface area contributed by atoms with E-state index in [1.807, 2.05) is 0 Å². The average molecular weight is 820 g/mol. The molecule has 0 heterocycles. The molecule has 1 fully saturated rings. The van der Waals surface area contributed by atoms with Crippen molar-refractivity contribution in [3.05, 3.63) is 258 Å². The van der Waals surface area contributed by atoms with Gasteiger partial charge in [0.25, 0.3) is 0 Å². The Labute approximate surface area is 376 Å². The van der Waals surface area contributed by atoms with Gasteiger partial charge in [-0.25, -0.2) is 0 Å². The van der Waals surface area contributed by atoms with Crippen molar-refractivity contribution in [1.82, 2.24) is 0 Å². The quantitative estimate of drug-likeness (QED) is 0.148. The molecule has 1 saturated carbocycles. The summed E-state index contributed by atoms with van der Waals surface area (Å²) in [5.41, 5.74) is 17.3. The Morgan fingerprint density at radius 2 is 0.906 bits per heavy atom. The van der Waals surface area contributed by atoms with Gasteiger partial charge in [-0.3, -0.25) is 0 Å². The summed E-state index contributed by atoms with van der Waals surface area (Å²) in [5.74, 6) is 0.521. The number of rotatable bonds is 8. The maximum absolute atomic E-state index is 2.57. The van der Waals surface area contributed by atoms with Crippen molar-refractivity contribution in [3.63, 3.8) is 0 Å². The summed E-state index contributed by atoms with van der Waals surface area (Å²) in [6, 6.07) is 86.3. The maximum atomic E-state index is 2.57. The van der Waals surface area contributed by atoms with Gasteiger partial charge in [-0.2, -0.15) is 0 Å². The molecule has 2 aliphatic rings. The van der Waals surface area contributed by atoms with Crippen LogP contribution in [0.5, 0.6) is 0 Å². The molecule has 0 saturated heterocycles. The number of anilines is 3. The van der Waals surface area contributed by atoms with Crippen molar-refractivity contribution in [2.24, 2.45) is 0 Å². The Kier molecular flexibility index (Phi) is 9.56. The number of fused-ring (bicyclic) bond motifs is 5. The number of para-hydroxylation sites is 1. The fourth-order valence-electron chi connectivity index (χ4n) is 11.5. The van der Waals surface area contributed by atoms with Gasteiger partial charge >= 0.3 is 0 Å². The number of benzene rings is 10. The summed E-state index contributed by atoms with van der Waals surface area (Å²) >= 11 is 0. The Hall–Kier alpha value is -7.48. The van der Waals surface area contributed by atoms with Crippen LogP contribution in [0.25, 0.3) is 54.9 Å². The van der Waals surface area contributed by atoms with Crippen molar-refractivity contribution in [2.45, 2.75) is 43.4 Å². The van der Waals surface area contributed by atoms with Crippen molar-refractivity contribution in [3.8, 4) is 33.4 Å². The molecule has 0 atom stereocenters. The normalized spacial score (nSPS) is 14.3. The summed E-state index contributed by atoms with van der Waals surface area (Å²) in [6.07, 6.45) is 6.34. The third-order valence-corrected chi connectivity index (χ3v) is 14.3. The van der Waals surface area contributed by atoms with E-state index in [9.17, 15) is 0 Å². The predicted molar refractivity (Wildman–Crippen MR) is 270 cm³/mol. The molecule has 0 radical (unpaired) electrons. The smallest absolute Gasteiger partial charge is 0.0714 e. The van der Waals surface area contributed by atoms with E-state index in [0.29, 0.717) is 5.92 Å². The number of nitrogens with zero attached hydrogens (tertiary/aromatic N) is 1. The molecule has 0 aromatic heterocycles. The highest BCUT2D eigenvalue weighted by Crippen LogP contribution is 2.57. The molecule has 0 bridgehead atoms. The molecule has 306 valence electrons. The largest absolute Gasteiger partial charge is 0.310 e. The monoisotopic (exact) mass is 819 g/mol. The standard InChI is InChI=1S/C63H49N/c1-4-20-45(21-5-1)53-31-15-17-37-62(53)64(50-38-39-59-58-34-14-16-36-60(58)63(61(59)43-50,47-25-6-2-7-26-47)48-27-8-3-9-28-48)49-29-18-24-46(42-49)52-40-41-57(56-33-13-12-32-54(52)56)55-35-19-23-44-22-10-11-30-51(44)55/h2-3,6-19,22-43,45H,1,4-5,20-21H2. The van der Waals surface area contributed by atoms with E-state index >= 15 is 0 Å². The maximum Gasteiger partial charge on any atom is 0.0714 e. The van der Waals surface area contributed by atoms with Gasteiger partial charge in [0.1, 0.15) is 0 Å². The van der Waals surface area contributed by atoms with E-state index in [4.69, 9.17) is 0 Å². The molecule has 0 aliphatic heterocycles. The first-order valence-corrected chi connectivity index (χ1v) is 23.1. The van der Waals surface area contributed by atoms with Crippen LogP contribution in [0.4, 0.5) is 17.1 Å². The van der Waals surface area contributed by atoms with Gasteiger partial charge in [-0.15, -0.1) is 0 Å². The lowest BCUT2D eigenvalue weighted by molar-refractivity contribution is 0.444. The molecule has 1 nitrogen and oxygen atoms in total. The average Bonchev–Trinajstić information content (AvgIpc) is 3.67. The van der Waals surface area contributed by atoms with Crippen LogP contribution in [0.1, 0.15) is 65.8 Å². The highest BCUT2D eigenvalue weighted by Gasteiger charge is 2.46. The zero-order valence-electron chi connectivity index (χ0n) is 36.0. The third kappa shape index (κ3) is 6.21. The summed E-state index contributed by atoms with van der Waals surface area (Å²) in [7, 11) is 0. The van der Waals surface area contributed by atoms with Gasteiger partial charge in [0.2, 0.25) is 0 Å². The molecular weight excluding hydrogens is 771 g/mol. The van der Waals surface area contributed by atoms with Crippen molar-refractivity contribution < 1.29 is 0 Å². The minimum absolute atomic E-state index is 0.494. The van der Waals surface area contributed by atoms with E-state index in [1.165, 1.54) is 126 Å². The molecular formula is C63H49N. The first kappa shape index (κ1) is 38.2. The molecule has 1 heteroatoms. The van der Waals surface area contributed by atoms with Crippen molar-refractivity contribution >= 4 is 38.6 Å². The summed E-state index contributed by atoms with van der Waals surface area (Å²) in [6.45, 7) is 0. The summed E-state index contributed by atoms with van der Waals surface area (Å²) in [5, 5.41) is 5.05. The minimum Gasteiger partial charge on any atom is -0.310 e. The molecule has 0 spiro atoms. The summed E-state index contributed by atoms with van der Waals surface area (Å²) in [4.78, 5) is 2.57. The zero-order chi connectivity index (χ0) is 42.5. The third-order valence-electron chi connectivity index (χ3n) is 14.3. The molecule has 2 aliphatic carbocycles. The number of hydrogen-bond donors (Lipinski definition) is 0. The van der Waals surface area contributed by atoms with E-state index in [-0.39, 0.29) is 0 Å². The molecule has 10 aromatic carbocycles. The van der Waals surface area contributed by atoms with Gasteiger partial charge in [0.15, 0.2) is 0 Å². The molecule has 0 unspecified atom stereocenters. The summed E-state index contributed by atoms with van der Waals surface area (Å²) < 4.78 is 0. The second-order valence-electron chi connectivity index (χ2n) is 17.8. The van der Waals surface area contributed by atoms with Crippen LogP contribution in [-0.4, -0.2) is 0 Å². The fraction of sp³-hybridized carbons (Fsp3) is 0.111. The van der Waals surface area contributed by atoms with Gasteiger partial charge in [0, 0.05) is 17.1 Å². The van der Waals surface area contributed by atoms with Crippen LogP contribution in [0.15, 0.2) is 231 Å². The number of hydrogen-bond acceptors (Lipinski definition) is 1. The molecule has 10 aromatic rings. The van der Waals surface area contributed by atoms with E-state index < -0.39 is 5.41 Å². The predicted octanol–water partition coefficient (Wildman–Crippen LogP) is 17.2. The highest BCUT2D eigenvalue weighted by molar-refractivity contribution is 6.09. The van der Waals surface area contributed by atoms with Crippen LogP contribution in [-0.2, 0) is 5.41 Å². The lowest BCUT2D eigenvalue weighted by atomic mass is 9.67. The van der Waals surface area contributed by atoms with Crippen LogP contribution in [0.2, 0.25) is 0 Å². The SMILES string of the molecule is c1ccc(C2(c3ccccc3)c3ccccc3-c3ccc(N(c4cccc(-c5ccc(-c6cccc7ccccc67)c6ccccc56)c4)c4ccccc4C4CCCCC4)cc32)cc1. The first-order chi connectivity index (χ1) is 31.8. The van der Waals surface area contributed by atoms with E-state index in [2.05, 4.69) is 235 Å². The fourth-order valence-corrected chi connectivity index (χ4v) is 11.5. The van der Waals surface area contributed by atoms with E-state index in [0.717, 1.165) is 5.69 Å². The lowest BCUT2D eigenvalue weighted by Gasteiger charge is -2.35. The molecule has 12 rings (SSSR count). The Bertz CT molecular complexity index is 3280. The topological polar surface area (TPSA) is 3.24 Å². The molecule has 0 N–H and O–H groups in total. The molecule has 64 heavy (non-hydrogen) atoms. The van der Waals surface area contributed by atoms with Gasteiger partial charge in [-0.05, 0) is 132 Å². The molecule has 0 amide bonds.